The van der Waals surface area contributed by atoms with Crippen molar-refractivity contribution in [2.45, 2.75) is 19.4 Å². The summed E-state index contributed by atoms with van der Waals surface area (Å²) in [5.41, 5.74) is 1.25. The van der Waals surface area contributed by atoms with Crippen LogP contribution in [0.1, 0.15) is 24.9 Å². The van der Waals surface area contributed by atoms with Gasteiger partial charge < -0.3 is 14.8 Å². The highest BCUT2D eigenvalue weighted by molar-refractivity contribution is 6.30. The monoisotopic (exact) mass is 271 g/mol. The second-order valence-electron chi connectivity index (χ2n) is 4.19. The lowest BCUT2D eigenvalue weighted by atomic mass is 10.1. The normalized spacial score (nSPS) is 12.6. The lowest BCUT2D eigenvalue weighted by molar-refractivity contribution is 0.0693. The second-order valence-corrected chi connectivity index (χ2v) is 4.62. The van der Waals surface area contributed by atoms with E-state index in [4.69, 9.17) is 21.1 Å². The van der Waals surface area contributed by atoms with Gasteiger partial charge in [0.25, 0.3) is 0 Å². The summed E-state index contributed by atoms with van der Waals surface area (Å²) in [7, 11) is 1.68. The predicted molar refractivity (Wildman–Crippen MR) is 75.2 cm³/mol. The molecular weight excluding hydrogens is 250 g/mol. The Labute approximate surface area is 114 Å². The van der Waals surface area contributed by atoms with Crippen LogP contribution in [-0.2, 0) is 9.47 Å². The highest BCUT2D eigenvalue weighted by Gasteiger charge is 2.03. The summed E-state index contributed by atoms with van der Waals surface area (Å²) in [4.78, 5) is 0. The van der Waals surface area contributed by atoms with Crippen LogP contribution in [0, 0.1) is 0 Å². The summed E-state index contributed by atoms with van der Waals surface area (Å²) in [6.45, 7) is 5.19. The Hall–Kier alpha value is -0.610. The summed E-state index contributed by atoms with van der Waals surface area (Å²) in [5.74, 6) is 0. The zero-order valence-electron chi connectivity index (χ0n) is 11.1. The number of hydrogen-bond donors (Lipinski definition) is 1. The van der Waals surface area contributed by atoms with E-state index < -0.39 is 0 Å². The Balaban J connectivity index is 2.10. The smallest absolute Gasteiger partial charge is 0.0700 e. The van der Waals surface area contributed by atoms with Gasteiger partial charge in [0.15, 0.2) is 0 Å². The molecule has 0 heterocycles. The molecule has 1 rings (SSSR count). The average Bonchev–Trinajstić information content (AvgIpc) is 2.38. The Bertz CT molecular complexity index is 316. The summed E-state index contributed by atoms with van der Waals surface area (Å²) in [5, 5.41) is 4.23. The third-order valence-electron chi connectivity index (χ3n) is 2.72. The molecule has 1 atom stereocenters. The molecule has 3 nitrogen and oxygen atoms in total. The predicted octanol–water partition coefficient (Wildman–Crippen LogP) is 3.04. The lowest BCUT2D eigenvalue weighted by Gasteiger charge is -2.14. The van der Waals surface area contributed by atoms with E-state index in [0.29, 0.717) is 19.3 Å². The minimum Gasteiger partial charge on any atom is -0.382 e. The van der Waals surface area contributed by atoms with Crippen LogP contribution in [0.25, 0.3) is 0 Å². The molecule has 0 aromatic heterocycles. The Morgan fingerprint density at radius 3 is 2.56 bits per heavy atom. The van der Waals surface area contributed by atoms with E-state index in [-0.39, 0.29) is 0 Å². The van der Waals surface area contributed by atoms with Crippen molar-refractivity contribution in [3.63, 3.8) is 0 Å². The molecule has 0 unspecified atom stereocenters. The van der Waals surface area contributed by atoms with E-state index in [1.165, 1.54) is 5.56 Å². The van der Waals surface area contributed by atoms with Crippen LogP contribution in [0.5, 0.6) is 0 Å². The van der Waals surface area contributed by atoms with Crippen molar-refractivity contribution in [2.24, 2.45) is 0 Å². The first-order valence-corrected chi connectivity index (χ1v) is 6.67. The Kier molecular flexibility index (Phi) is 8.01. The molecule has 0 spiro atoms. The van der Waals surface area contributed by atoms with Gasteiger partial charge in [-0.05, 0) is 37.6 Å². The van der Waals surface area contributed by atoms with Crippen molar-refractivity contribution in [1.29, 1.82) is 0 Å². The fourth-order valence-corrected chi connectivity index (χ4v) is 1.73. The summed E-state index contributed by atoms with van der Waals surface area (Å²) < 4.78 is 10.3. The van der Waals surface area contributed by atoms with Gasteiger partial charge in [0.05, 0.1) is 13.2 Å². The largest absolute Gasteiger partial charge is 0.382 e. The standard InChI is InChI=1S/C14H22ClNO2/c1-12(13-4-6-14(15)7-5-13)16-8-3-9-18-11-10-17-2/h4-7,12,16H,3,8-11H2,1-2H3/t12-/m1/s1. The van der Waals surface area contributed by atoms with Crippen LogP contribution in [0.15, 0.2) is 24.3 Å². The zero-order valence-corrected chi connectivity index (χ0v) is 11.9. The number of nitrogens with one attached hydrogen (secondary N) is 1. The molecule has 18 heavy (non-hydrogen) atoms. The van der Waals surface area contributed by atoms with Crippen LogP contribution in [0.2, 0.25) is 5.02 Å². The molecular formula is C14H22ClNO2. The Morgan fingerprint density at radius 1 is 1.17 bits per heavy atom. The molecule has 0 radical (unpaired) electrons. The second kappa shape index (κ2) is 9.34. The molecule has 0 aliphatic rings. The zero-order chi connectivity index (χ0) is 13.2. The van der Waals surface area contributed by atoms with E-state index in [2.05, 4.69) is 24.4 Å². The number of benzene rings is 1. The molecule has 0 bridgehead atoms. The molecule has 0 saturated heterocycles. The van der Waals surface area contributed by atoms with Crippen molar-refractivity contribution in [3.05, 3.63) is 34.9 Å². The van der Waals surface area contributed by atoms with E-state index in [1.807, 2.05) is 12.1 Å². The van der Waals surface area contributed by atoms with Gasteiger partial charge in [0.1, 0.15) is 0 Å². The number of ether oxygens (including phenoxy) is 2. The maximum atomic E-state index is 5.86. The van der Waals surface area contributed by atoms with Gasteiger partial charge in [-0.15, -0.1) is 0 Å². The topological polar surface area (TPSA) is 30.5 Å². The molecule has 0 aliphatic heterocycles. The number of rotatable bonds is 9. The number of methoxy groups -OCH3 is 1. The van der Waals surface area contributed by atoms with E-state index in [1.54, 1.807) is 7.11 Å². The molecule has 1 N–H and O–H groups in total. The lowest BCUT2D eigenvalue weighted by Crippen LogP contribution is -2.21. The molecule has 0 fully saturated rings. The van der Waals surface area contributed by atoms with Gasteiger partial charge in [0, 0.05) is 24.8 Å². The van der Waals surface area contributed by atoms with Crippen LogP contribution >= 0.6 is 11.6 Å². The van der Waals surface area contributed by atoms with Crippen molar-refractivity contribution in [3.8, 4) is 0 Å². The SMILES string of the molecule is COCCOCCCN[C@H](C)c1ccc(Cl)cc1. The first-order valence-electron chi connectivity index (χ1n) is 6.29. The van der Waals surface area contributed by atoms with Gasteiger partial charge in [-0.3, -0.25) is 0 Å². The molecule has 1 aromatic carbocycles. The molecule has 102 valence electrons. The van der Waals surface area contributed by atoms with E-state index in [9.17, 15) is 0 Å². The summed E-state index contributed by atoms with van der Waals surface area (Å²) in [6, 6.07) is 8.27. The average molecular weight is 272 g/mol. The third kappa shape index (κ3) is 6.36. The fraction of sp³-hybridized carbons (Fsp3) is 0.571. The third-order valence-corrected chi connectivity index (χ3v) is 2.97. The minimum atomic E-state index is 0.334. The van der Waals surface area contributed by atoms with Crippen molar-refractivity contribution in [1.82, 2.24) is 5.32 Å². The van der Waals surface area contributed by atoms with E-state index >= 15 is 0 Å². The van der Waals surface area contributed by atoms with Gasteiger partial charge in [0.2, 0.25) is 0 Å². The van der Waals surface area contributed by atoms with Gasteiger partial charge in [-0.2, -0.15) is 0 Å². The van der Waals surface area contributed by atoms with Crippen LogP contribution < -0.4 is 5.32 Å². The minimum absolute atomic E-state index is 0.334. The quantitative estimate of drug-likeness (QED) is 0.701. The van der Waals surface area contributed by atoms with Crippen molar-refractivity contribution < 1.29 is 9.47 Å². The molecule has 1 aromatic rings. The summed E-state index contributed by atoms with van der Waals surface area (Å²) >= 11 is 5.86. The van der Waals surface area contributed by atoms with Crippen LogP contribution in [0.4, 0.5) is 0 Å². The summed E-state index contributed by atoms with van der Waals surface area (Å²) in [6.07, 6.45) is 1.00. The van der Waals surface area contributed by atoms with Crippen LogP contribution in [-0.4, -0.2) is 33.5 Å². The van der Waals surface area contributed by atoms with Crippen LogP contribution in [0.3, 0.4) is 0 Å². The fourth-order valence-electron chi connectivity index (χ4n) is 1.61. The van der Waals surface area contributed by atoms with Gasteiger partial charge in [-0.1, -0.05) is 23.7 Å². The first-order chi connectivity index (χ1) is 8.74. The van der Waals surface area contributed by atoms with Crippen molar-refractivity contribution in [2.75, 3.05) is 33.5 Å². The first kappa shape index (κ1) is 15.4. The molecule has 0 saturated carbocycles. The maximum absolute atomic E-state index is 5.86. The van der Waals surface area contributed by atoms with Crippen molar-refractivity contribution >= 4 is 11.6 Å². The molecule has 0 aliphatic carbocycles. The maximum Gasteiger partial charge on any atom is 0.0700 e. The van der Waals surface area contributed by atoms with Gasteiger partial charge >= 0.3 is 0 Å². The highest BCUT2D eigenvalue weighted by Crippen LogP contribution is 2.15. The molecule has 0 amide bonds. The Morgan fingerprint density at radius 2 is 1.89 bits per heavy atom. The van der Waals surface area contributed by atoms with Gasteiger partial charge in [-0.25, -0.2) is 0 Å². The number of halogens is 1. The van der Waals surface area contributed by atoms with E-state index in [0.717, 1.165) is 24.6 Å². The number of hydrogen-bond acceptors (Lipinski definition) is 3. The molecule has 4 heteroatoms. The highest BCUT2D eigenvalue weighted by atomic mass is 35.5.